The van der Waals surface area contributed by atoms with Crippen LogP contribution in [-0.4, -0.2) is 45.2 Å². The van der Waals surface area contributed by atoms with Gasteiger partial charge in [0, 0.05) is 11.9 Å². The molecule has 0 aliphatic carbocycles. The lowest BCUT2D eigenvalue weighted by molar-refractivity contribution is 0.0575. The quantitative estimate of drug-likeness (QED) is 0.752. The van der Waals surface area contributed by atoms with Gasteiger partial charge in [-0.15, -0.1) is 5.10 Å². The Labute approximate surface area is 110 Å². The van der Waals surface area contributed by atoms with Crippen LogP contribution in [0.25, 0.3) is 0 Å². The molecule has 96 valence electrons. The first-order valence-electron chi connectivity index (χ1n) is 5.04. The Bertz CT molecular complexity index is 375. The number of aryl methyl sites for hydroxylation is 1. The van der Waals surface area contributed by atoms with Gasteiger partial charge < -0.3 is 4.90 Å². The summed E-state index contributed by atoms with van der Waals surface area (Å²) in [6.45, 7) is 1.52. The maximum absolute atomic E-state index is 12.4. The summed E-state index contributed by atoms with van der Waals surface area (Å²) >= 11 is 4.09. The number of alkyl halides is 3. The van der Waals surface area contributed by atoms with Crippen LogP contribution in [0.1, 0.15) is 22.3 Å². The van der Waals surface area contributed by atoms with Gasteiger partial charge in [-0.05, 0) is 18.0 Å². The van der Waals surface area contributed by atoms with E-state index in [4.69, 9.17) is 0 Å². The standard InChI is InChI=1S/C9H12BrF2N3OS/c1-2-6-8(17-14-13-6)9(16)15(4-3-10)5-7(11)12/h7H,2-5H2,1H3. The Hall–Kier alpha value is -0.630. The van der Waals surface area contributed by atoms with Crippen LogP contribution in [-0.2, 0) is 6.42 Å². The number of amides is 1. The van der Waals surface area contributed by atoms with Crippen LogP contribution >= 0.6 is 27.5 Å². The number of halogens is 3. The highest BCUT2D eigenvalue weighted by Crippen LogP contribution is 2.15. The molecule has 1 aromatic rings. The largest absolute Gasteiger partial charge is 0.331 e. The lowest BCUT2D eigenvalue weighted by Crippen LogP contribution is -2.36. The lowest BCUT2D eigenvalue weighted by atomic mass is 10.2. The van der Waals surface area contributed by atoms with Gasteiger partial charge in [-0.2, -0.15) is 0 Å². The van der Waals surface area contributed by atoms with E-state index in [-0.39, 0.29) is 6.54 Å². The van der Waals surface area contributed by atoms with Gasteiger partial charge >= 0.3 is 0 Å². The first-order valence-corrected chi connectivity index (χ1v) is 6.94. The number of hydrogen-bond donors (Lipinski definition) is 0. The average Bonchev–Trinajstić information content (AvgIpc) is 2.74. The Morgan fingerprint density at radius 1 is 1.59 bits per heavy atom. The van der Waals surface area contributed by atoms with Gasteiger partial charge in [0.15, 0.2) is 0 Å². The van der Waals surface area contributed by atoms with E-state index in [1.165, 1.54) is 0 Å². The van der Waals surface area contributed by atoms with Crippen molar-refractivity contribution in [1.82, 2.24) is 14.5 Å². The molecular formula is C9H12BrF2N3OS. The maximum Gasteiger partial charge on any atom is 0.267 e. The van der Waals surface area contributed by atoms with Crippen molar-refractivity contribution in [3.05, 3.63) is 10.6 Å². The smallest absolute Gasteiger partial charge is 0.267 e. The van der Waals surface area contributed by atoms with Crippen molar-refractivity contribution in [2.75, 3.05) is 18.4 Å². The van der Waals surface area contributed by atoms with Gasteiger partial charge in [-0.1, -0.05) is 27.3 Å². The Kier molecular flexibility index (Phi) is 5.90. The predicted octanol–water partition coefficient (Wildman–Crippen LogP) is 2.20. The predicted molar refractivity (Wildman–Crippen MR) is 65.0 cm³/mol. The minimum Gasteiger partial charge on any atom is -0.331 e. The summed E-state index contributed by atoms with van der Waals surface area (Å²) in [5.41, 5.74) is 0.564. The summed E-state index contributed by atoms with van der Waals surface area (Å²) in [7, 11) is 0. The van der Waals surface area contributed by atoms with E-state index < -0.39 is 18.9 Å². The van der Waals surface area contributed by atoms with E-state index in [0.29, 0.717) is 22.3 Å². The van der Waals surface area contributed by atoms with Gasteiger partial charge in [0.05, 0.1) is 12.2 Å². The van der Waals surface area contributed by atoms with E-state index in [1.807, 2.05) is 6.92 Å². The molecule has 1 rings (SSSR count). The van der Waals surface area contributed by atoms with Gasteiger partial charge in [0.25, 0.3) is 12.3 Å². The van der Waals surface area contributed by atoms with Crippen LogP contribution in [0.5, 0.6) is 0 Å². The highest BCUT2D eigenvalue weighted by Gasteiger charge is 2.23. The molecule has 0 N–H and O–H groups in total. The van der Waals surface area contributed by atoms with Gasteiger partial charge in [-0.25, -0.2) is 8.78 Å². The minimum atomic E-state index is -2.54. The summed E-state index contributed by atoms with van der Waals surface area (Å²) in [5.74, 6) is -0.420. The number of hydrogen-bond acceptors (Lipinski definition) is 4. The molecule has 0 fully saturated rings. The van der Waals surface area contributed by atoms with Gasteiger partial charge in [0.1, 0.15) is 4.88 Å². The molecule has 4 nitrogen and oxygen atoms in total. The summed E-state index contributed by atoms with van der Waals surface area (Å²) in [6.07, 6.45) is -1.97. The summed E-state index contributed by atoms with van der Waals surface area (Å²) < 4.78 is 28.4. The highest BCUT2D eigenvalue weighted by molar-refractivity contribution is 9.09. The summed E-state index contributed by atoms with van der Waals surface area (Å²) in [6, 6.07) is 0. The van der Waals surface area contributed by atoms with Crippen molar-refractivity contribution in [3.8, 4) is 0 Å². The van der Waals surface area contributed by atoms with Crippen molar-refractivity contribution < 1.29 is 13.6 Å². The molecule has 0 aromatic carbocycles. The van der Waals surface area contributed by atoms with Crippen LogP contribution in [0.3, 0.4) is 0 Å². The lowest BCUT2D eigenvalue weighted by Gasteiger charge is -2.20. The average molecular weight is 328 g/mol. The van der Waals surface area contributed by atoms with Crippen LogP contribution in [0.15, 0.2) is 0 Å². The highest BCUT2D eigenvalue weighted by atomic mass is 79.9. The summed E-state index contributed by atoms with van der Waals surface area (Å²) in [4.78, 5) is 13.5. The summed E-state index contributed by atoms with van der Waals surface area (Å²) in [5, 5.41) is 4.26. The number of aromatic nitrogens is 2. The third kappa shape index (κ3) is 3.95. The van der Waals surface area contributed by atoms with Crippen LogP contribution < -0.4 is 0 Å². The second-order valence-corrected chi connectivity index (χ2v) is 4.78. The molecule has 0 spiro atoms. The third-order valence-corrected chi connectivity index (χ3v) is 3.20. The second-order valence-electron chi connectivity index (χ2n) is 3.23. The molecule has 1 heterocycles. The first kappa shape index (κ1) is 14.4. The number of carbonyl (C=O) groups excluding carboxylic acids is 1. The maximum atomic E-state index is 12.4. The van der Waals surface area contributed by atoms with Crippen molar-refractivity contribution in [1.29, 1.82) is 0 Å². The Morgan fingerprint density at radius 2 is 2.29 bits per heavy atom. The number of rotatable bonds is 6. The SMILES string of the molecule is CCc1nnsc1C(=O)N(CCBr)CC(F)F. The van der Waals surface area contributed by atoms with E-state index in [0.717, 1.165) is 16.4 Å². The number of nitrogens with zero attached hydrogens (tertiary/aromatic N) is 3. The molecule has 0 aliphatic heterocycles. The van der Waals surface area contributed by atoms with Gasteiger partial charge in [-0.3, -0.25) is 4.79 Å². The molecule has 0 atom stereocenters. The van der Waals surface area contributed by atoms with E-state index in [1.54, 1.807) is 0 Å². The van der Waals surface area contributed by atoms with E-state index in [2.05, 4.69) is 25.5 Å². The van der Waals surface area contributed by atoms with Gasteiger partial charge in [0.2, 0.25) is 0 Å². The topological polar surface area (TPSA) is 46.1 Å². The fourth-order valence-corrected chi connectivity index (χ4v) is 2.44. The van der Waals surface area contributed by atoms with E-state index >= 15 is 0 Å². The second kappa shape index (κ2) is 6.95. The number of carbonyl (C=O) groups is 1. The van der Waals surface area contributed by atoms with Crippen molar-refractivity contribution in [2.24, 2.45) is 0 Å². The van der Waals surface area contributed by atoms with Crippen molar-refractivity contribution in [3.63, 3.8) is 0 Å². The normalized spacial score (nSPS) is 10.9. The fraction of sp³-hybridized carbons (Fsp3) is 0.667. The Balaban J connectivity index is 2.83. The first-order chi connectivity index (χ1) is 8.10. The molecule has 0 saturated carbocycles. The molecular weight excluding hydrogens is 316 g/mol. The zero-order chi connectivity index (χ0) is 12.8. The molecule has 1 aromatic heterocycles. The minimum absolute atomic E-state index is 0.240. The molecule has 0 aliphatic rings. The monoisotopic (exact) mass is 327 g/mol. The molecule has 0 unspecified atom stereocenters. The van der Waals surface area contributed by atoms with Crippen molar-refractivity contribution >= 4 is 33.4 Å². The molecule has 0 bridgehead atoms. The van der Waals surface area contributed by atoms with Crippen LogP contribution in [0.4, 0.5) is 8.78 Å². The molecule has 1 amide bonds. The molecule has 0 radical (unpaired) electrons. The molecule has 0 saturated heterocycles. The van der Waals surface area contributed by atoms with E-state index in [9.17, 15) is 13.6 Å². The van der Waals surface area contributed by atoms with Crippen LogP contribution in [0, 0.1) is 0 Å². The Morgan fingerprint density at radius 3 is 2.82 bits per heavy atom. The van der Waals surface area contributed by atoms with Crippen molar-refractivity contribution in [2.45, 2.75) is 19.8 Å². The van der Waals surface area contributed by atoms with Crippen LogP contribution in [0.2, 0.25) is 0 Å². The third-order valence-electron chi connectivity index (χ3n) is 2.08. The zero-order valence-corrected chi connectivity index (χ0v) is 11.6. The zero-order valence-electron chi connectivity index (χ0n) is 9.20. The molecule has 8 heteroatoms. The molecule has 17 heavy (non-hydrogen) atoms. The fourth-order valence-electron chi connectivity index (χ4n) is 1.29.